The van der Waals surface area contributed by atoms with Crippen LogP contribution in [0.25, 0.3) is 0 Å². The lowest BCUT2D eigenvalue weighted by Crippen LogP contribution is -2.26. The Morgan fingerprint density at radius 2 is 1.70 bits per heavy atom. The van der Waals surface area contributed by atoms with Crippen LogP contribution in [-0.4, -0.2) is 5.11 Å². The van der Waals surface area contributed by atoms with Crippen LogP contribution in [0.15, 0.2) is 45.3 Å². The van der Waals surface area contributed by atoms with Crippen molar-refractivity contribution in [2.45, 2.75) is 18.9 Å². The second kappa shape index (κ2) is 5.92. The van der Waals surface area contributed by atoms with Crippen LogP contribution in [0.2, 0.25) is 0 Å². The minimum absolute atomic E-state index is 0.139. The van der Waals surface area contributed by atoms with Crippen molar-refractivity contribution < 1.29 is 13.9 Å². The molecule has 20 heavy (non-hydrogen) atoms. The van der Waals surface area contributed by atoms with Crippen molar-refractivity contribution in [3.05, 3.63) is 68.1 Å². The summed E-state index contributed by atoms with van der Waals surface area (Å²) in [5.74, 6) is -1.35. The van der Waals surface area contributed by atoms with E-state index in [1.807, 2.05) is 6.07 Å². The first-order chi connectivity index (χ1) is 9.33. The highest BCUT2D eigenvalue weighted by atomic mass is 79.9. The number of rotatable bonds is 3. The third kappa shape index (κ3) is 3.10. The van der Waals surface area contributed by atoms with Gasteiger partial charge in [0.1, 0.15) is 11.6 Å². The molecule has 0 aromatic heterocycles. The van der Waals surface area contributed by atoms with Gasteiger partial charge in [0, 0.05) is 16.5 Å². The highest BCUT2D eigenvalue weighted by Crippen LogP contribution is 2.33. The molecule has 0 saturated carbocycles. The molecule has 1 nitrogen and oxygen atoms in total. The van der Waals surface area contributed by atoms with E-state index in [2.05, 4.69) is 31.9 Å². The quantitative estimate of drug-likeness (QED) is 0.717. The average molecular weight is 406 g/mol. The van der Waals surface area contributed by atoms with Gasteiger partial charge in [0.15, 0.2) is 0 Å². The van der Waals surface area contributed by atoms with E-state index in [0.717, 1.165) is 0 Å². The number of aliphatic hydroxyl groups is 1. The SMILES string of the molecule is CC(O)(Cc1c(F)ccc(Br)c1F)c1ccccc1Br. The van der Waals surface area contributed by atoms with Crippen molar-refractivity contribution in [2.75, 3.05) is 0 Å². The van der Waals surface area contributed by atoms with Gasteiger partial charge >= 0.3 is 0 Å². The minimum atomic E-state index is -1.39. The second-order valence-electron chi connectivity index (χ2n) is 4.75. The minimum Gasteiger partial charge on any atom is -0.385 e. The maximum absolute atomic E-state index is 14.0. The summed E-state index contributed by atoms with van der Waals surface area (Å²) in [7, 11) is 0. The summed E-state index contributed by atoms with van der Waals surface area (Å²) in [6, 6.07) is 9.56. The van der Waals surface area contributed by atoms with Gasteiger partial charge in [0.2, 0.25) is 0 Å². The monoisotopic (exact) mass is 404 g/mol. The topological polar surface area (TPSA) is 20.2 Å². The van der Waals surface area contributed by atoms with Crippen LogP contribution < -0.4 is 0 Å². The molecule has 2 rings (SSSR count). The Labute approximate surface area is 132 Å². The van der Waals surface area contributed by atoms with Gasteiger partial charge < -0.3 is 5.11 Å². The van der Waals surface area contributed by atoms with Gasteiger partial charge in [0.25, 0.3) is 0 Å². The van der Waals surface area contributed by atoms with Crippen molar-refractivity contribution in [1.29, 1.82) is 0 Å². The molecule has 106 valence electrons. The lowest BCUT2D eigenvalue weighted by atomic mass is 9.88. The van der Waals surface area contributed by atoms with Gasteiger partial charge in [-0.05, 0) is 46.6 Å². The summed E-state index contributed by atoms with van der Waals surface area (Å²) in [4.78, 5) is 0. The van der Waals surface area contributed by atoms with Crippen molar-refractivity contribution in [3.8, 4) is 0 Å². The van der Waals surface area contributed by atoms with Crippen LogP contribution in [-0.2, 0) is 12.0 Å². The van der Waals surface area contributed by atoms with Gasteiger partial charge in [-0.1, -0.05) is 34.1 Å². The van der Waals surface area contributed by atoms with E-state index in [9.17, 15) is 13.9 Å². The maximum Gasteiger partial charge on any atom is 0.143 e. The maximum atomic E-state index is 14.0. The summed E-state index contributed by atoms with van der Waals surface area (Å²) in [5.41, 5.74) is -0.943. The molecular weight excluding hydrogens is 394 g/mol. The van der Waals surface area contributed by atoms with E-state index in [1.165, 1.54) is 19.1 Å². The van der Waals surface area contributed by atoms with Crippen molar-refractivity contribution in [1.82, 2.24) is 0 Å². The van der Waals surface area contributed by atoms with Crippen molar-refractivity contribution in [3.63, 3.8) is 0 Å². The molecule has 1 unspecified atom stereocenters. The summed E-state index contributed by atoms with van der Waals surface area (Å²) in [6.45, 7) is 1.53. The second-order valence-corrected chi connectivity index (χ2v) is 6.46. The first-order valence-electron chi connectivity index (χ1n) is 5.92. The van der Waals surface area contributed by atoms with Crippen LogP contribution in [0.1, 0.15) is 18.1 Å². The fourth-order valence-corrected chi connectivity index (χ4v) is 3.15. The zero-order valence-electron chi connectivity index (χ0n) is 10.6. The van der Waals surface area contributed by atoms with E-state index in [1.54, 1.807) is 18.2 Å². The van der Waals surface area contributed by atoms with Crippen LogP contribution in [0, 0.1) is 11.6 Å². The molecule has 0 aliphatic rings. The Balaban J connectivity index is 2.44. The lowest BCUT2D eigenvalue weighted by molar-refractivity contribution is 0.0549. The van der Waals surface area contributed by atoms with Crippen LogP contribution in [0.3, 0.4) is 0 Å². The predicted octanol–water partition coefficient (Wildman–Crippen LogP) is 4.94. The molecule has 0 heterocycles. The average Bonchev–Trinajstić information content (AvgIpc) is 2.39. The Bertz CT molecular complexity index is 642. The fourth-order valence-electron chi connectivity index (χ4n) is 2.07. The Morgan fingerprint density at radius 3 is 2.35 bits per heavy atom. The predicted molar refractivity (Wildman–Crippen MR) is 81.5 cm³/mol. The normalized spacial score (nSPS) is 14.1. The van der Waals surface area contributed by atoms with Gasteiger partial charge in [-0.3, -0.25) is 0 Å². The summed E-state index contributed by atoms with van der Waals surface area (Å²) < 4.78 is 28.7. The molecule has 5 heteroatoms. The molecule has 1 N–H and O–H groups in total. The number of hydrogen-bond acceptors (Lipinski definition) is 1. The standard InChI is InChI=1S/C15H12Br2F2O/c1-15(20,10-4-2-3-5-11(10)16)8-9-13(18)7-6-12(17)14(9)19/h2-7,20H,8H2,1H3. The Morgan fingerprint density at radius 1 is 1.05 bits per heavy atom. The molecule has 0 aliphatic carbocycles. The molecule has 0 radical (unpaired) electrons. The summed E-state index contributed by atoms with van der Waals surface area (Å²) in [5, 5.41) is 10.6. The first kappa shape index (κ1) is 15.6. The van der Waals surface area contributed by atoms with E-state index in [4.69, 9.17) is 0 Å². The third-order valence-corrected chi connectivity index (χ3v) is 4.42. The van der Waals surface area contributed by atoms with E-state index in [0.29, 0.717) is 10.0 Å². The van der Waals surface area contributed by atoms with Crippen LogP contribution >= 0.6 is 31.9 Å². The largest absolute Gasteiger partial charge is 0.385 e. The van der Waals surface area contributed by atoms with Crippen LogP contribution in [0.4, 0.5) is 8.78 Å². The fraction of sp³-hybridized carbons (Fsp3) is 0.200. The molecule has 2 aromatic rings. The van der Waals surface area contributed by atoms with Crippen LogP contribution in [0.5, 0.6) is 0 Å². The molecule has 2 aromatic carbocycles. The Hall–Kier alpha value is -0.780. The van der Waals surface area contributed by atoms with Gasteiger partial charge in [0.05, 0.1) is 10.1 Å². The Kier molecular flexibility index (Phi) is 4.62. The van der Waals surface area contributed by atoms with Gasteiger partial charge in [-0.25, -0.2) is 8.78 Å². The molecule has 0 aliphatic heterocycles. The summed E-state index contributed by atoms with van der Waals surface area (Å²) >= 11 is 6.37. The highest BCUT2D eigenvalue weighted by Gasteiger charge is 2.29. The zero-order chi connectivity index (χ0) is 14.9. The zero-order valence-corrected chi connectivity index (χ0v) is 13.8. The number of halogens is 4. The van der Waals surface area contributed by atoms with Crippen molar-refractivity contribution >= 4 is 31.9 Å². The summed E-state index contributed by atoms with van der Waals surface area (Å²) in [6.07, 6.45) is -0.160. The third-order valence-electron chi connectivity index (χ3n) is 3.11. The molecule has 1 atom stereocenters. The lowest BCUT2D eigenvalue weighted by Gasteiger charge is -2.25. The van der Waals surface area contributed by atoms with E-state index < -0.39 is 17.2 Å². The molecule has 0 bridgehead atoms. The van der Waals surface area contributed by atoms with E-state index >= 15 is 0 Å². The number of hydrogen-bond donors (Lipinski definition) is 1. The molecule has 0 amide bonds. The van der Waals surface area contributed by atoms with Crippen molar-refractivity contribution in [2.24, 2.45) is 0 Å². The smallest absolute Gasteiger partial charge is 0.143 e. The van der Waals surface area contributed by atoms with Gasteiger partial charge in [-0.2, -0.15) is 0 Å². The molecule has 0 saturated heterocycles. The molecule has 0 spiro atoms. The van der Waals surface area contributed by atoms with E-state index in [-0.39, 0.29) is 16.5 Å². The molecular formula is C15H12Br2F2O. The first-order valence-corrected chi connectivity index (χ1v) is 7.51. The highest BCUT2D eigenvalue weighted by molar-refractivity contribution is 9.10. The van der Waals surface area contributed by atoms with Gasteiger partial charge in [-0.15, -0.1) is 0 Å². The molecule has 0 fully saturated rings. The number of benzene rings is 2.